The van der Waals surface area contributed by atoms with E-state index in [1.807, 2.05) is 29.6 Å². The van der Waals surface area contributed by atoms with E-state index >= 15 is 0 Å². The van der Waals surface area contributed by atoms with Crippen LogP contribution in [-0.4, -0.2) is 34.7 Å². The number of amides is 2. The number of alkyl carbamates (subject to hydrolysis) is 1. The lowest BCUT2D eigenvalue weighted by Gasteiger charge is -2.22. The van der Waals surface area contributed by atoms with Crippen molar-refractivity contribution in [2.75, 3.05) is 7.11 Å². The summed E-state index contributed by atoms with van der Waals surface area (Å²) in [6.07, 6.45) is -5.09. The molecule has 2 amide bonds. The predicted molar refractivity (Wildman–Crippen MR) is 164 cm³/mol. The van der Waals surface area contributed by atoms with E-state index in [1.165, 1.54) is 19.2 Å². The van der Waals surface area contributed by atoms with Crippen LogP contribution in [0.2, 0.25) is 0 Å². The van der Waals surface area contributed by atoms with Gasteiger partial charge in [-0.25, -0.2) is 14.8 Å². The Morgan fingerprint density at radius 3 is 2.47 bits per heavy atom. The smallest absolute Gasteiger partial charge is 0.433 e. The summed E-state index contributed by atoms with van der Waals surface area (Å²) in [4.78, 5) is 34.7. The van der Waals surface area contributed by atoms with Gasteiger partial charge in [-0.2, -0.15) is 13.2 Å². The molecule has 5 aromatic rings. The number of ether oxygens (including phenoxy) is 2. The van der Waals surface area contributed by atoms with E-state index in [0.29, 0.717) is 6.42 Å². The molecule has 0 aliphatic carbocycles. The number of carbonyl (C=O) groups excluding carboxylic acids is 2. The predicted octanol–water partition coefficient (Wildman–Crippen LogP) is 8.04. The van der Waals surface area contributed by atoms with E-state index in [-0.39, 0.29) is 46.1 Å². The first kappa shape index (κ1) is 31.8. The largest absolute Gasteiger partial charge is 0.494 e. The van der Waals surface area contributed by atoms with E-state index < -0.39 is 35.5 Å². The second kappa shape index (κ2) is 12.4. The maximum atomic E-state index is 13.7. The molecule has 5 rings (SSSR count). The van der Waals surface area contributed by atoms with Gasteiger partial charge in [0, 0.05) is 22.2 Å². The van der Waals surface area contributed by atoms with Crippen LogP contribution in [0.4, 0.5) is 18.0 Å². The Kier molecular flexibility index (Phi) is 8.74. The third-order valence-electron chi connectivity index (χ3n) is 6.85. The second-order valence-electron chi connectivity index (χ2n) is 11.2. The van der Waals surface area contributed by atoms with Crippen molar-refractivity contribution in [2.24, 2.45) is 0 Å². The van der Waals surface area contributed by atoms with Crippen LogP contribution in [0.5, 0.6) is 5.75 Å². The first-order chi connectivity index (χ1) is 21.3. The van der Waals surface area contributed by atoms with E-state index in [9.17, 15) is 22.8 Å². The van der Waals surface area contributed by atoms with E-state index in [1.54, 1.807) is 45.1 Å². The molecular weight excluding hydrogens is 609 g/mol. The molecule has 0 spiro atoms. The number of aromatic nitrogens is 2. The molecule has 0 bridgehead atoms. The minimum atomic E-state index is -4.67. The maximum absolute atomic E-state index is 13.7. The molecule has 45 heavy (non-hydrogen) atoms. The van der Waals surface area contributed by atoms with Crippen molar-refractivity contribution in [3.63, 3.8) is 0 Å². The Morgan fingerprint density at radius 2 is 1.78 bits per heavy atom. The fourth-order valence-corrected chi connectivity index (χ4v) is 5.74. The number of carbonyl (C=O) groups is 2. The zero-order valence-electron chi connectivity index (χ0n) is 25.2. The van der Waals surface area contributed by atoms with Crippen LogP contribution in [0, 0.1) is 0 Å². The molecule has 9 nitrogen and oxygen atoms in total. The molecule has 0 aliphatic heterocycles. The summed E-state index contributed by atoms with van der Waals surface area (Å²) < 4.78 is 58.4. The molecule has 0 unspecified atom stereocenters. The summed E-state index contributed by atoms with van der Waals surface area (Å²) in [7, 11) is 1.33. The van der Waals surface area contributed by atoms with Gasteiger partial charge in [-0.15, -0.1) is 11.3 Å². The third-order valence-corrected chi connectivity index (χ3v) is 7.86. The summed E-state index contributed by atoms with van der Waals surface area (Å²) >= 11 is 1.56. The van der Waals surface area contributed by atoms with Crippen LogP contribution in [0.3, 0.4) is 0 Å². The van der Waals surface area contributed by atoms with Crippen LogP contribution in [0.25, 0.3) is 32.4 Å². The quantitative estimate of drug-likeness (QED) is 0.176. The molecule has 13 heteroatoms. The van der Waals surface area contributed by atoms with Crippen LogP contribution < -0.4 is 15.4 Å². The van der Waals surface area contributed by atoms with Gasteiger partial charge in [0.15, 0.2) is 11.5 Å². The minimum Gasteiger partial charge on any atom is -0.494 e. The lowest BCUT2D eigenvalue weighted by Crippen LogP contribution is -2.35. The van der Waals surface area contributed by atoms with Crippen molar-refractivity contribution in [3.05, 3.63) is 76.6 Å². The minimum absolute atomic E-state index is 0.0465. The first-order valence-electron chi connectivity index (χ1n) is 14.1. The van der Waals surface area contributed by atoms with E-state index in [4.69, 9.17) is 13.9 Å². The highest BCUT2D eigenvalue weighted by molar-refractivity contribution is 7.17. The zero-order valence-corrected chi connectivity index (χ0v) is 26.0. The number of benzene rings is 2. The standard InChI is InChI=1S/C32H31F3N4O5S/c1-6-21(37-30(41)44-31(2,3)4)27-26(28(40)36-15-17-16-45-23-10-8-7-9-18(17)23)39-29(43-27)20-11-13-22(42-5)25-19(20)12-14-24(38-25)32(33,34)35/h7-14,16,21H,6,15H2,1-5H3,(H,36,40)(H,37,41)/t21-/m0/s1. The molecular formula is C32H31F3N4O5S. The number of hydrogen-bond donors (Lipinski definition) is 2. The van der Waals surface area contributed by atoms with Gasteiger partial charge >= 0.3 is 12.3 Å². The fraction of sp³-hybridized carbons (Fsp3) is 0.312. The molecule has 236 valence electrons. The average Bonchev–Trinajstić information content (AvgIpc) is 3.61. The normalized spacial score (nSPS) is 12.7. The Morgan fingerprint density at radius 1 is 1.02 bits per heavy atom. The van der Waals surface area contributed by atoms with Crippen LogP contribution in [-0.2, 0) is 17.5 Å². The summed E-state index contributed by atoms with van der Waals surface area (Å²) in [5.41, 5.74) is -0.811. The van der Waals surface area contributed by atoms with Crippen molar-refractivity contribution < 1.29 is 36.7 Å². The van der Waals surface area contributed by atoms with Gasteiger partial charge in [0.1, 0.15) is 22.6 Å². The second-order valence-corrected chi connectivity index (χ2v) is 12.1. The van der Waals surface area contributed by atoms with Gasteiger partial charge in [0.25, 0.3) is 5.91 Å². The number of alkyl halides is 3. The molecule has 0 radical (unpaired) electrons. The van der Waals surface area contributed by atoms with Crippen molar-refractivity contribution in [3.8, 4) is 17.2 Å². The number of methoxy groups -OCH3 is 1. The summed E-state index contributed by atoms with van der Waals surface area (Å²) in [6.45, 7) is 7.16. The highest BCUT2D eigenvalue weighted by atomic mass is 32.1. The van der Waals surface area contributed by atoms with Gasteiger partial charge < -0.3 is 24.5 Å². The van der Waals surface area contributed by atoms with Gasteiger partial charge in [-0.05, 0) is 73.9 Å². The van der Waals surface area contributed by atoms with Gasteiger partial charge in [0.05, 0.1) is 13.2 Å². The number of nitrogens with zero attached hydrogens (tertiary/aromatic N) is 2. The Bertz CT molecular complexity index is 1880. The van der Waals surface area contributed by atoms with E-state index in [2.05, 4.69) is 20.6 Å². The number of hydrogen-bond acceptors (Lipinski definition) is 8. The summed E-state index contributed by atoms with van der Waals surface area (Å²) in [5, 5.41) is 8.87. The molecule has 0 saturated carbocycles. The molecule has 0 aliphatic rings. The van der Waals surface area contributed by atoms with Crippen molar-refractivity contribution >= 4 is 44.3 Å². The number of thiophene rings is 1. The van der Waals surface area contributed by atoms with Gasteiger partial charge in [-0.3, -0.25) is 4.79 Å². The lowest BCUT2D eigenvalue weighted by atomic mass is 10.1. The highest BCUT2D eigenvalue weighted by Gasteiger charge is 2.34. The molecule has 0 saturated heterocycles. The maximum Gasteiger partial charge on any atom is 0.433 e. The fourth-order valence-electron chi connectivity index (χ4n) is 4.78. The third kappa shape index (κ3) is 6.88. The molecule has 0 fully saturated rings. The number of nitrogens with one attached hydrogen (secondary N) is 2. The Labute approximate surface area is 260 Å². The van der Waals surface area contributed by atoms with Crippen molar-refractivity contribution in [1.82, 2.24) is 20.6 Å². The zero-order chi connectivity index (χ0) is 32.5. The molecule has 1 atom stereocenters. The molecule has 2 aromatic carbocycles. The molecule has 3 heterocycles. The Balaban J connectivity index is 1.57. The Hall–Kier alpha value is -4.65. The van der Waals surface area contributed by atoms with Crippen molar-refractivity contribution in [2.45, 2.75) is 58.5 Å². The summed E-state index contributed by atoms with van der Waals surface area (Å²) in [6, 6.07) is 12.1. The number of fused-ring (bicyclic) bond motifs is 2. The van der Waals surface area contributed by atoms with Gasteiger partial charge in [0.2, 0.25) is 5.89 Å². The lowest BCUT2D eigenvalue weighted by molar-refractivity contribution is -0.140. The number of oxazole rings is 1. The number of halogens is 3. The molecule has 3 aromatic heterocycles. The molecule has 2 N–H and O–H groups in total. The van der Waals surface area contributed by atoms with Gasteiger partial charge in [-0.1, -0.05) is 25.1 Å². The highest BCUT2D eigenvalue weighted by Crippen LogP contribution is 2.38. The number of pyridine rings is 1. The monoisotopic (exact) mass is 640 g/mol. The first-order valence-corrected chi connectivity index (χ1v) is 15.0. The van der Waals surface area contributed by atoms with Crippen LogP contribution >= 0.6 is 11.3 Å². The summed E-state index contributed by atoms with van der Waals surface area (Å²) in [5.74, 6) is -0.426. The average molecular weight is 641 g/mol. The topological polar surface area (TPSA) is 116 Å². The van der Waals surface area contributed by atoms with E-state index in [0.717, 1.165) is 21.7 Å². The SMILES string of the molecule is CC[C@H](NC(=O)OC(C)(C)C)c1oc(-c2ccc(OC)c3nc(C(F)(F)F)ccc23)nc1C(=O)NCc1csc2ccccc12. The van der Waals surface area contributed by atoms with Crippen LogP contribution in [0.1, 0.15) is 67.7 Å². The van der Waals surface area contributed by atoms with Crippen LogP contribution in [0.15, 0.2) is 58.3 Å². The van der Waals surface area contributed by atoms with Crippen molar-refractivity contribution in [1.29, 1.82) is 0 Å². The number of rotatable bonds is 8.